The maximum atomic E-state index is 5.55. The molecule has 1 aromatic rings. The molecule has 0 fully saturated rings. The molecule has 0 aliphatic carbocycles. The third-order valence-electron chi connectivity index (χ3n) is 1.87. The number of methoxy groups -OCH3 is 1. The highest BCUT2D eigenvalue weighted by molar-refractivity contribution is 7.99. The van der Waals surface area contributed by atoms with Gasteiger partial charge in [-0.2, -0.15) is 0 Å². The van der Waals surface area contributed by atoms with Crippen LogP contribution in [0.1, 0.15) is 6.42 Å². The van der Waals surface area contributed by atoms with E-state index in [9.17, 15) is 0 Å². The van der Waals surface area contributed by atoms with Gasteiger partial charge in [-0.1, -0.05) is 0 Å². The first-order chi connectivity index (χ1) is 7.83. The van der Waals surface area contributed by atoms with Crippen molar-refractivity contribution in [3.63, 3.8) is 0 Å². The largest absolute Gasteiger partial charge is 0.397 e. The molecule has 1 heterocycles. The van der Waals surface area contributed by atoms with Crippen LogP contribution in [0.3, 0.4) is 0 Å². The van der Waals surface area contributed by atoms with Crippen LogP contribution in [-0.2, 0) is 9.47 Å². The minimum atomic E-state index is 0.659. The van der Waals surface area contributed by atoms with Crippen LogP contribution in [0.25, 0.3) is 0 Å². The average Bonchev–Trinajstić information content (AvgIpc) is 2.30. The summed E-state index contributed by atoms with van der Waals surface area (Å²) < 4.78 is 10.2. The second-order valence-corrected chi connectivity index (χ2v) is 4.35. The van der Waals surface area contributed by atoms with Crippen LogP contribution in [0.5, 0.6) is 0 Å². The summed E-state index contributed by atoms with van der Waals surface area (Å²) in [7, 11) is 1.67. The molecule has 1 aromatic heterocycles. The van der Waals surface area contributed by atoms with E-state index in [2.05, 4.69) is 4.98 Å². The fraction of sp³-hybridized carbons (Fsp3) is 0.545. The first-order valence-electron chi connectivity index (χ1n) is 5.24. The van der Waals surface area contributed by atoms with Gasteiger partial charge in [0.15, 0.2) is 0 Å². The van der Waals surface area contributed by atoms with E-state index in [0.717, 1.165) is 23.8 Å². The van der Waals surface area contributed by atoms with Gasteiger partial charge in [0, 0.05) is 19.5 Å². The molecule has 0 aliphatic rings. The standard InChI is InChI=1S/C11H18N2O2S/c1-14-6-7-15-5-2-8-16-11-4-3-10(12)9-13-11/h3-4,9H,2,5-8,12H2,1H3. The Kier molecular flexibility index (Phi) is 6.96. The second kappa shape index (κ2) is 8.38. The molecular formula is C11H18N2O2S. The van der Waals surface area contributed by atoms with Gasteiger partial charge in [-0.05, 0) is 18.6 Å². The van der Waals surface area contributed by atoms with E-state index in [1.54, 1.807) is 25.1 Å². The van der Waals surface area contributed by atoms with E-state index >= 15 is 0 Å². The Bertz CT molecular complexity index is 280. The molecule has 0 aliphatic heterocycles. The first-order valence-corrected chi connectivity index (χ1v) is 6.22. The third kappa shape index (κ3) is 5.95. The van der Waals surface area contributed by atoms with E-state index < -0.39 is 0 Å². The van der Waals surface area contributed by atoms with E-state index in [-0.39, 0.29) is 0 Å². The van der Waals surface area contributed by atoms with Crippen molar-refractivity contribution in [2.75, 3.05) is 38.4 Å². The molecule has 2 N–H and O–H groups in total. The van der Waals surface area contributed by atoms with Gasteiger partial charge in [0.2, 0.25) is 0 Å². The zero-order chi connectivity index (χ0) is 11.6. The molecule has 16 heavy (non-hydrogen) atoms. The topological polar surface area (TPSA) is 57.4 Å². The summed E-state index contributed by atoms with van der Waals surface area (Å²) in [6, 6.07) is 3.80. The Morgan fingerprint density at radius 2 is 2.19 bits per heavy atom. The number of nitrogen functional groups attached to an aromatic ring is 1. The van der Waals surface area contributed by atoms with Crippen LogP contribution in [-0.4, -0.2) is 37.7 Å². The lowest BCUT2D eigenvalue weighted by Crippen LogP contribution is -2.03. The second-order valence-electron chi connectivity index (χ2n) is 3.24. The lowest BCUT2D eigenvalue weighted by atomic mass is 10.4. The molecule has 5 heteroatoms. The molecule has 0 bridgehead atoms. The van der Waals surface area contributed by atoms with Crippen LogP contribution in [0.4, 0.5) is 5.69 Å². The summed E-state index contributed by atoms with van der Waals surface area (Å²) >= 11 is 1.71. The lowest BCUT2D eigenvalue weighted by Gasteiger charge is -2.03. The fourth-order valence-electron chi connectivity index (χ4n) is 1.06. The number of ether oxygens (including phenoxy) is 2. The predicted octanol–water partition coefficient (Wildman–Crippen LogP) is 1.81. The lowest BCUT2D eigenvalue weighted by molar-refractivity contribution is 0.0713. The number of rotatable bonds is 8. The number of nitrogens with two attached hydrogens (primary N) is 1. The highest BCUT2D eigenvalue weighted by atomic mass is 32.2. The summed E-state index contributed by atoms with van der Waals surface area (Å²) in [4.78, 5) is 4.20. The van der Waals surface area contributed by atoms with Crippen LogP contribution in [0.15, 0.2) is 23.4 Å². The van der Waals surface area contributed by atoms with Crippen molar-refractivity contribution in [1.82, 2.24) is 4.98 Å². The van der Waals surface area contributed by atoms with Crippen LogP contribution >= 0.6 is 11.8 Å². The summed E-state index contributed by atoms with van der Waals surface area (Å²) in [5.41, 5.74) is 6.25. The number of nitrogens with zero attached hydrogens (tertiary/aromatic N) is 1. The van der Waals surface area contributed by atoms with Gasteiger partial charge < -0.3 is 15.2 Å². The maximum Gasteiger partial charge on any atom is 0.0961 e. The molecule has 0 unspecified atom stereocenters. The van der Waals surface area contributed by atoms with Crippen molar-refractivity contribution in [2.24, 2.45) is 0 Å². The van der Waals surface area contributed by atoms with Crippen molar-refractivity contribution < 1.29 is 9.47 Å². The number of hydrogen-bond donors (Lipinski definition) is 1. The van der Waals surface area contributed by atoms with Crippen molar-refractivity contribution in [3.05, 3.63) is 18.3 Å². The zero-order valence-corrected chi connectivity index (χ0v) is 10.3. The van der Waals surface area contributed by atoms with Crippen molar-refractivity contribution in [2.45, 2.75) is 11.4 Å². The molecule has 0 amide bonds. The minimum Gasteiger partial charge on any atom is -0.397 e. The molecule has 0 saturated heterocycles. The smallest absolute Gasteiger partial charge is 0.0961 e. The first kappa shape index (κ1) is 13.3. The normalized spacial score (nSPS) is 10.6. The summed E-state index contributed by atoms with van der Waals surface area (Å²) in [5.74, 6) is 1.00. The van der Waals surface area contributed by atoms with E-state index in [1.165, 1.54) is 0 Å². The SMILES string of the molecule is COCCOCCCSc1ccc(N)cn1. The monoisotopic (exact) mass is 242 g/mol. The third-order valence-corrected chi connectivity index (χ3v) is 2.90. The Labute approximate surface area is 101 Å². The number of thioether (sulfide) groups is 1. The van der Waals surface area contributed by atoms with Gasteiger partial charge in [0.25, 0.3) is 0 Å². The van der Waals surface area contributed by atoms with Gasteiger partial charge in [-0.25, -0.2) is 4.98 Å². The summed E-state index contributed by atoms with van der Waals surface area (Å²) in [6.07, 6.45) is 2.69. The van der Waals surface area contributed by atoms with E-state index in [1.807, 2.05) is 12.1 Å². The molecule has 90 valence electrons. The predicted molar refractivity (Wildman–Crippen MR) is 66.7 cm³/mol. The van der Waals surface area contributed by atoms with Crippen LogP contribution < -0.4 is 5.73 Å². The Morgan fingerprint density at radius 3 is 2.88 bits per heavy atom. The zero-order valence-electron chi connectivity index (χ0n) is 9.52. The quantitative estimate of drug-likeness (QED) is 0.556. The van der Waals surface area contributed by atoms with Crippen molar-refractivity contribution in [3.8, 4) is 0 Å². The highest BCUT2D eigenvalue weighted by Gasteiger charge is 1.95. The van der Waals surface area contributed by atoms with Crippen molar-refractivity contribution >= 4 is 17.4 Å². The Morgan fingerprint density at radius 1 is 1.31 bits per heavy atom. The van der Waals surface area contributed by atoms with E-state index in [0.29, 0.717) is 18.9 Å². The van der Waals surface area contributed by atoms with Gasteiger partial charge in [0.1, 0.15) is 0 Å². The number of hydrogen-bond acceptors (Lipinski definition) is 5. The molecule has 0 spiro atoms. The number of anilines is 1. The summed E-state index contributed by atoms with van der Waals surface area (Å²) in [6.45, 7) is 2.10. The van der Waals surface area contributed by atoms with Gasteiger partial charge in [-0.15, -0.1) is 11.8 Å². The average molecular weight is 242 g/mol. The molecule has 0 saturated carbocycles. The highest BCUT2D eigenvalue weighted by Crippen LogP contribution is 2.16. The summed E-state index contributed by atoms with van der Waals surface area (Å²) in [5, 5.41) is 1.01. The number of pyridine rings is 1. The minimum absolute atomic E-state index is 0.659. The van der Waals surface area contributed by atoms with Gasteiger partial charge in [-0.3, -0.25) is 0 Å². The molecule has 0 atom stereocenters. The van der Waals surface area contributed by atoms with E-state index in [4.69, 9.17) is 15.2 Å². The Balaban J connectivity index is 2.01. The molecule has 0 radical (unpaired) electrons. The van der Waals surface area contributed by atoms with Crippen LogP contribution in [0, 0.1) is 0 Å². The number of aromatic nitrogens is 1. The molecular weight excluding hydrogens is 224 g/mol. The molecule has 1 rings (SSSR count). The van der Waals surface area contributed by atoms with Gasteiger partial charge in [0.05, 0.1) is 30.1 Å². The molecule has 0 aromatic carbocycles. The molecule has 4 nitrogen and oxygen atoms in total. The fourth-order valence-corrected chi connectivity index (χ4v) is 1.82. The van der Waals surface area contributed by atoms with Crippen molar-refractivity contribution in [1.29, 1.82) is 0 Å². The maximum absolute atomic E-state index is 5.55. The van der Waals surface area contributed by atoms with Gasteiger partial charge >= 0.3 is 0 Å². The Hall–Kier alpha value is -0.780. The van der Waals surface area contributed by atoms with Crippen LogP contribution in [0.2, 0.25) is 0 Å².